The molecule has 1 aromatic heterocycles. The maximum atomic E-state index is 12.9. The number of carbonyl (C=O) groups is 1. The number of rotatable bonds is 5. The molecule has 0 saturated carbocycles. The summed E-state index contributed by atoms with van der Waals surface area (Å²) in [7, 11) is 1.58. The van der Waals surface area contributed by atoms with E-state index in [-0.39, 0.29) is 11.3 Å². The van der Waals surface area contributed by atoms with E-state index in [9.17, 15) is 4.79 Å². The molecule has 0 aliphatic heterocycles. The third kappa shape index (κ3) is 4.25. The number of methoxy groups -OCH3 is 1. The topological polar surface area (TPSA) is 64.4 Å². The smallest absolute Gasteiger partial charge is 0.255 e. The molecule has 0 spiro atoms. The predicted molar refractivity (Wildman–Crippen MR) is 118 cm³/mol. The third-order valence-corrected chi connectivity index (χ3v) is 5.75. The van der Waals surface area contributed by atoms with Crippen LogP contribution < -0.4 is 10.1 Å². The number of hydrogen-bond acceptors (Lipinski definition) is 4. The maximum absolute atomic E-state index is 12.9. The van der Waals surface area contributed by atoms with Crippen LogP contribution in [0.25, 0.3) is 0 Å². The highest BCUT2D eigenvalue weighted by Gasteiger charge is 2.39. The largest absolute Gasteiger partial charge is 0.496 e. The van der Waals surface area contributed by atoms with Gasteiger partial charge in [-0.3, -0.25) is 4.79 Å². The van der Waals surface area contributed by atoms with Crippen LogP contribution in [0, 0.1) is 6.92 Å². The molecule has 0 radical (unpaired) electrons. The summed E-state index contributed by atoms with van der Waals surface area (Å²) in [5.41, 5.74) is 3.79. The number of nitrogens with zero attached hydrogens (tertiary/aromatic N) is 1. The summed E-state index contributed by atoms with van der Waals surface area (Å²) in [6.07, 6.45) is 2.54. The lowest BCUT2D eigenvalue weighted by molar-refractivity contribution is 0.0937. The molecule has 1 aliphatic carbocycles. The quantitative estimate of drug-likeness (QED) is 0.656. The molecule has 30 heavy (non-hydrogen) atoms. The molecule has 0 bridgehead atoms. The second-order valence-corrected chi connectivity index (χ2v) is 7.37. The Kier molecular flexibility index (Phi) is 6.93. The van der Waals surface area contributed by atoms with Crippen molar-refractivity contribution in [2.75, 3.05) is 13.7 Å². The van der Waals surface area contributed by atoms with E-state index in [4.69, 9.17) is 9.26 Å². The highest BCUT2D eigenvalue weighted by atomic mass is 16.5. The van der Waals surface area contributed by atoms with Crippen LogP contribution in [0.15, 0.2) is 59.1 Å². The summed E-state index contributed by atoms with van der Waals surface area (Å²) in [6.45, 7) is 6.50. The van der Waals surface area contributed by atoms with E-state index >= 15 is 0 Å². The van der Waals surface area contributed by atoms with Crippen molar-refractivity contribution < 1.29 is 14.1 Å². The second-order valence-electron chi connectivity index (χ2n) is 7.37. The Labute approximate surface area is 178 Å². The van der Waals surface area contributed by atoms with Gasteiger partial charge in [-0.15, -0.1) is 0 Å². The molecule has 0 saturated heterocycles. The van der Waals surface area contributed by atoms with Crippen LogP contribution in [-0.4, -0.2) is 24.7 Å². The molecule has 1 amide bonds. The lowest BCUT2D eigenvalue weighted by Crippen LogP contribution is -2.44. The minimum atomic E-state index is -0.192. The third-order valence-electron chi connectivity index (χ3n) is 5.75. The van der Waals surface area contributed by atoms with Gasteiger partial charge in [-0.1, -0.05) is 61.5 Å². The van der Waals surface area contributed by atoms with Crippen molar-refractivity contribution in [3.63, 3.8) is 0 Å². The van der Waals surface area contributed by atoms with Crippen molar-refractivity contribution in [2.45, 2.75) is 45.4 Å². The van der Waals surface area contributed by atoms with Gasteiger partial charge in [-0.05, 0) is 43.9 Å². The average Bonchev–Trinajstić information content (AvgIpc) is 3.19. The van der Waals surface area contributed by atoms with Crippen LogP contribution in [0.1, 0.15) is 53.2 Å². The Balaban J connectivity index is 0.00000124. The van der Waals surface area contributed by atoms with Crippen LogP contribution in [0.4, 0.5) is 0 Å². The maximum Gasteiger partial charge on any atom is 0.255 e. The molecule has 1 unspecified atom stereocenters. The first-order valence-corrected chi connectivity index (χ1v) is 10.5. The van der Waals surface area contributed by atoms with Crippen LogP contribution >= 0.6 is 0 Å². The van der Waals surface area contributed by atoms with Crippen LogP contribution in [0.5, 0.6) is 5.75 Å². The van der Waals surface area contributed by atoms with Gasteiger partial charge in [0.15, 0.2) is 0 Å². The Morgan fingerprint density at radius 3 is 2.57 bits per heavy atom. The van der Waals surface area contributed by atoms with Crippen molar-refractivity contribution in [3.8, 4) is 5.75 Å². The molecule has 0 fully saturated rings. The fourth-order valence-corrected chi connectivity index (χ4v) is 4.11. The standard InChI is InChI=1S/C23H24N2O3.C2H6/c1-16-19-14-23(13-12-20(19)25-28-16,17-8-4-3-5-9-17)15-24-22(26)18-10-6-7-11-21(18)27-2;1-2/h3-11H,12-15H2,1-2H3,(H,24,26);1-2H3. The molecule has 1 N–H and O–H groups in total. The molecule has 3 aromatic rings. The summed E-state index contributed by atoms with van der Waals surface area (Å²) in [5, 5.41) is 7.36. The molecule has 1 atom stereocenters. The molecular weight excluding hydrogens is 376 g/mol. The zero-order valence-corrected chi connectivity index (χ0v) is 18.2. The number of amides is 1. The fourth-order valence-electron chi connectivity index (χ4n) is 4.11. The number of carbonyl (C=O) groups excluding carboxylic acids is 1. The summed E-state index contributed by atoms with van der Waals surface area (Å²) >= 11 is 0. The van der Waals surface area contributed by atoms with Gasteiger partial charge >= 0.3 is 0 Å². The normalized spacial score (nSPS) is 17.3. The van der Waals surface area contributed by atoms with E-state index in [0.29, 0.717) is 17.9 Å². The number of hydrogen-bond donors (Lipinski definition) is 1. The van der Waals surface area contributed by atoms with E-state index < -0.39 is 0 Å². The van der Waals surface area contributed by atoms with Gasteiger partial charge in [0.2, 0.25) is 0 Å². The van der Waals surface area contributed by atoms with E-state index in [1.807, 2.05) is 39.0 Å². The van der Waals surface area contributed by atoms with E-state index in [1.165, 1.54) is 11.1 Å². The van der Waals surface area contributed by atoms with Crippen molar-refractivity contribution in [3.05, 3.63) is 82.7 Å². The highest BCUT2D eigenvalue weighted by molar-refractivity contribution is 5.97. The van der Waals surface area contributed by atoms with Gasteiger partial charge < -0.3 is 14.6 Å². The van der Waals surface area contributed by atoms with E-state index in [2.05, 4.69) is 34.7 Å². The fraction of sp³-hybridized carbons (Fsp3) is 0.360. The lowest BCUT2D eigenvalue weighted by Gasteiger charge is -2.37. The first-order chi connectivity index (χ1) is 14.6. The predicted octanol–water partition coefficient (Wildman–Crippen LogP) is 4.87. The zero-order valence-electron chi connectivity index (χ0n) is 18.2. The van der Waals surface area contributed by atoms with Crippen molar-refractivity contribution in [1.29, 1.82) is 0 Å². The van der Waals surface area contributed by atoms with Gasteiger partial charge in [0.05, 0.1) is 18.4 Å². The van der Waals surface area contributed by atoms with Crippen molar-refractivity contribution in [2.24, 2.45) is 0 Å². The molecular formula is C25H30N2O3. The van der Waals surface area contributed by atoms with Crippen molar-refractivity contribution in [1.82, 2.24) is 10.5 Å². The van der Waals surface area contributed by atoms with Gasteiger partial charge in [-0.2, -0.15) is 0 Å². The summed E-state index contributed by atoms with van der Waals surface area (Å²) in [6, 6.07) is 17.7. The summed E-state index contributed by atoms with van der Waals surface area (Å²) in [4.78, 5) is 12.9. The monoisotopic (exact) mass is 406 g/mol. The van der Waals surface area contributed by atoms with Gasteiger partial charge in [0.1, 0.15) is 11.5 Å². The summed E-state index contributed by atoms with van der Waals surface area (Å²) < 4.78 is 10.8. The Morgan fingerprint density at radius 1 is 1.13 bits per heavy atom. The Hall–Kier alpha value is -3.08. The van der Waals surface area contributed by atoms with Gasteiger partial charge in [-0.25, -0.2) is 0 Å². The van der Waals surface area contributed by atoms with Crippen LogP contribution in [0.3, 0.4) is 0 Å². The number of para-hydroxylation sites is 1. The number of fused-ring (bicyclic) bond motifs is 1. The van der Waals surface area contributed by atoms with Gasteiger partial charge in [0.25, 0.3) is 5.91 Å². The zero-order chi connectivity index (χ0) is 21.6. The van der Waals surface area contributed by atoms with Crippen LogP contribution in [-0.2, 0) is 18.3 Å². The Bertz CT molecular complexity index is 981. The molecule has 4 rings (SSSR count). The SMILES string of the molecule is CC.COc1ccccc1C(=O)NCC1(c2ccccc2)CCc2noc(C)c2C1. The number of aryl methyl sites for hydroxylation is 2. The molecule has 5 nitrogen and oxygen atoms in total. The van der Waals surface area contributed by atoms with E-state index in [0.717, 1.165) is 30.7 Å². The molecule has 158 valence electrons. The minimum absolute atomic E-state index is 0.124. The van der Waals surface area contributed by atoms with Gasteiger partial charge in [0, 0.05) is 17.5 Å². The van der Waals surface area contributed by atoms with Crippen molar-refractivity contribution >= 4 is 5.91 Å². The summed E-state index contributed by atoms with van der Waals surface area (Å²) in [5.74, 6) is 1.32. The lowest BCUT2D eigenvalue weighted by atomic mass is 9.68. The number of ether oxygens (including phenoxy) is 1. The Morgan fingerprint density at radius 2 is 1.83 bits per heavy atom. The second kappa shape index (κ2) is 9.61. The highest BCUT2D eigenvalue weighted by Crippen LogP contribution is 2.39. The number of aromatic nitrogens is 1. The minimum Gasteiger partial charge on any atom is -0.496 e. The average molecular weight is 407 g/mol. The molecule has 1 heterocycles. The van der Waals surface area contributed by atoms with Crippen LogP contribution in [0.2, 0.25) is 0 Å². The molecule has 2 aromatic carbocycles. The number of benzene rings is 2. The van der Waals surface area contributed by atoms with E-state index in [1.54, 1.807) is 19.2 Å². The number of nitrogens with one attached hydrogen (secondary N) is 1. The first kappa shape index (κ1) is 21.6. The molecule has 5 heteroatoms. The molecule has 1 aliphatic rings. The first-order valence-electron chi connectivity index (χ1n) is 10.5.